The van der Waals surface area contributed by atoms with Gasteiger partial charge in [0.1, 0.15) is 5.82 Å². The second kappa shape index (κ2) is 7.57. The fourth-order valence-corrected chi connectivity index (χ4v) is 2.67. The fourth-order valence-electron chi connectivity index (χ4n) is 2.67. The summed E-state index contributed by atoms with van der Waals surface area (Å²) in [7, 11) is 0. The SMILES string of the molecule is CCNC(CO)CN1CCN(c2ccccc2F)CC1. The Morgan fingerprint density at radius 1 is 1.25 bits per heavy atom. The summed E-state index contributed by atoms with van der Waals surface area (Å²) in [4.78, 5) is 4.41. The molecular weight excluding hydrogens is 257 g/mol. The van der Waals surface area contributed by atoms with E-state index in [0.717, 1.165) is 39.3 Å². The van der Waals surface area contributed by atoms with Gasteiger partial charge in [-0.2, -0.15) is 0 Å². The Labute approximate surface area is 120 Å². The van der Waals surface area contributed by atoms with Crippen LogP contribution in [-0.4, -0.2) is 61.9 Å². The predicted octanol–water partition coefficient (Wildman–Crippen LogP) is 0.918. The number of nitrogens with one attached hydrogen (secondary N) is 1. The topological polar surface area (TPSA) is 38.7 Å². The van der Waals surface area contributed by atoms with Crippen molar-refractivity contribution in [2.24, 2.45) is 0 Å². The molecule has 1 aliphatic heterocycles. The van der Waals surface area contributed by atoms with Gasteiger partial charge in [-0.05, 0) is 18.7 Å². The number of hydrogen-bond acceptors (Lipinski definition) is 4. The van der Waals surface area contributed by atoms with Crippen LogP contribution in [-0.2, 0) is 0 Å². The van der Waals surface area contributed by atoms with Crippen molar-refractivity contribution >= 4 is 5.69 Å². The first kappa shape index (κ1) is 15.2. The molecule has 1 aromatic rings. The van der Waals surface area contributed by atoms with E-state index in [2.05, 4.69) is 15.1 Å². The van der Waals surface area contributed by atoms with E-state index in [1.165, 1.54) is 6.07 Å². The van der Waals surface area contributed by atoms with Crippen LogP contribution in [0.15, 0.2) is 24.3 Å². The van der Waals surface area contributed by atoms with Crippen LogP contribution in [0.4, 0.5) is 10.1 Å². The third-order valence-electron chi connectivity index (χ3n) is 3.76. The van der Waals surface area contributed by atoms with Crippen LogP contribution in [0.1, 0.15) is 6.92 Å². The third kappa shape index (κ3) is 3.91. The molecule has 0 bridgehead atoms. The highest BCUT2D eigenvalue weighted by Gasteiger charge is 2.21. The largest absolute Gasteiger partial charge is 0.395 e. The molecule has 0 amide bonds. The summed E-state index contributed by atoms with van der Waals surface area (Å²) >= 11 is 0. The maximum atomic E-state index is 13.7. The maximum Gasteiger partial charge on any atom is 0.146 e. The van der Waals surface area contributed by atoms with E-state index in [9.17, 15) is 9.50 Å². The molecule has 1 aliphatic rings. The van der Waals surface area contributed by atoms with Crippen LogP contribution in [0.5, 0.6) is 0 Å². The number of hydrogen-bond donors (Lipinski definition) is 2. The molecule has 2 N–H and O–H groups in total. The van der Waals surface area contributed by atoms with Crippen molar-refractivity contribution in [1.29, 1.82) is 0 Å². The summed E-state index contributed by atoms with van der Waals surface area (Å²) in [6, 6.07) is 7.06. The van der Waals surface area contributed by atoms with Gasteiger partial charge in [-0.1, -0.05) is 19.1 Å². The molecule has 1 saturated heterocycles. The highest BCUT2D eigenvalue weighted by Crippen LogP contribution is 2.20. The van der Waals surface area contributed by atoms with Crippen molar-refractivity contribution in [2.75, 3.05) is 50.8 Å². The van der Waals surface area contributed by atoms with Gasteiger partial charge in [-0.3, -0.25) is 4.90 Å². The molecule has 0 spiro atoms. The number of aliphatic hydroxyl groups is 1. The highest BCUT2D eigenvalue weighted by atomic mass is 19.1. The van der Waals surface area contributed by atoms with E-state index in [1.54, 1.807) is 6.07 Å². The average Bonchev–Trinajstić information content (AvgIpc) is 2.48. The molecule has 5 heteroatoms. The zero-order chi connectivity index (χ0) is 14.4. The molecule has 0 saturated carbocycles. The van der Waals surface area contributed by atoms with Crippen molar-refractivity contribution in [3.05, 3.63) is 30.1 Å². The first-order chi connectivity index (χ1) is 9.74. The highest BCUT2D eigenvalue weighted by molar-refractivity contribution is 5.47. The van der Waals surface area contributed by atoms with Crippen molar-refractivity contribution in [3.63, 3.8) is 0 Å². The number of rotatable bonds is 6. The van der Waals surface area contributed by atoms with E-state index < -0.39 is 0 Å². The van der Waals surface area contributed by atoms with Crippen molar-refractivity contribution in [1.82, 2.24) is 10.2 Å². The Bertz CT molecular complexity index is 408. The van der Waals surface area contributed by atoms with Gasteiger partial charge in [0.05, 0.1) is 12.3 Å². The Morgan fingerprint density at radius 2 is 1.95 bits per heavy atom. The number of likely N-dealkylation sites (N-methyl/N-ethyl adjacent to an activating group) is 1. The minimum Gasteiger partial charge on any atom is -0.395 e. The van der Waals surface area contributed by atoms with Crippen molar-refractivity contribution in [2.45, 2.75) is 13.0 Å². The molecule has 1 atom stereocenters. The second-order valence-corrected chi connectivity index (χ2v) is 5.18. The van der Waals surface area contributed by atoms with Gasteiger partial charge in [0.15, 0.2) is 0 Å². The number of nitrogens with zero attached hydrogens (tertiary/aromatic N) is 2. The number of anilines is 1. The van der Waals surface area contributed by atoms with E-state index >= 15 is 0 Å². The Kier molecular flexibility index (Phi) is 5.76. The van der Waals surface area contributed by atoms with Crippen LogP contribution in [0.2, 0.25) is 0 Å². The molecule has 0 aliphatic carbocycles. The summed E-state index contributed by atoms with van der Waals surface area (Å²) in [6.07, 6.45) is 0. The first-order valence-electron chi connectivity index (χ1n) is 7.30. The lowest BCUT2D eigenvalue weighted by Crippen LogP contribution is -2.51. The fraction of sp³-hybridized carbons (Fsp3) is 0.600. The van der Waals surface area contributed by atoms with Gasteiger partial charge < -0.3 is 15.3 Å². The standard InChI is InChI=1S/C15H24FN3O/c1-2-17-13(12-20)11-18-7-9-19(10-8-18)15-6-4-3-5-14(15)16/h3-6,13,17,20H,2,7-12H2,1H3. The second-order valence-electron chi connectivity index (χ2n) is 5.18. The monoisotopic (exact) mass is 281 g/mol. The van der Waals surface area contributed by atoms with Crippen LogP contribution >= 0.6 is 0 Å². The molecule has 2 rings (SSSR count). The molecule has 4 nitrogen and oxygen atoms in total. The number of para-hydroxylation sites is 1. The van der Waals surface area contributed by atoms with Crippen LogP contribution in [0.25, 0.3) is 0 Å². The van der Waals surface area contributed by atoms with Gasteiger partial charge in [-0.15, -0.1) is 0 Å². The van der Waals surface area contributed by atoms with Gasteiger partial charge >= 0.3 is 0 Å². The number of benzene rings is 1. The third-order valence-corrected chi connectivity index (χ3v) is 3.76. The Morgan fingerprint density at radius 3 is 2.55 bits per heavy atom. The number of piperazine rings is 1. The summed E-state index contributed by atoms with van der Waals surface area (Å²) in [5.74, 6) is -0.151. The molecule has 0 aromatic heterocycles. The summed E-state index contributed by atoms with van der Waals surface area (Å²) in [5.41, 5.74) is 0.692. The van der Waals surface area contributed by atoms with Crippen LogP contribution in [0.3, 0.4) is 0 Å². The molecule has 0 radical (unpaired) electrons. The smallest absolute Gasteiger partial charge is 0.146 e. The van der Waals surface area contributed by atoms with Gasteiger partial charge in [0, 0.05) is 38.8 Å². The number of aliphatic hydroxyl groups excluding tert-OH is 1. The summed E-state index contributed by atoms with van der Waals surface area (Å²) in [5, 5.41) is 12.6. The summed E-state index contributed by atoms with van der Waals surface area (Å²) in [6.45, 7) is 7.35. The quantitative estimate of drug-likeness (QED) is 0.813. The van der Waals surface area contributed by atoms with E-state index in [0.29, 0.717) is 5.69 Å². The minimum atomic E-state index is -0.151. The first-order valence-corrected chi connectivity index (χ1v) is 7.30. The molecule has 112 valence electrons. The molecule has 1 unspecified atom stereocenters. The van der Waals surface area contributed by atoms with E-state index in [4.69, 9.17) is 0 Å². The van der Waals surface area contributed by atoms with Crippen molar-refractivity contribution in [3.8, 4) is 0 Å². The van der Waals surface area contributed by atoms with Gasteiger partial charge in [0.25, 0.3) is 0 Å². The lowest BCUT2D eigenvalue weighted by Gasteiger charge is -2.37. The lowest BCUT2D eigenvalue weighted by atomic mass is 10.2. The van der Waals surface area contributed by atoms with Gasteiger partial charge in [-0.25, -0.2) is 4.39 Å². The Hall–Kier alpha value is -1.17. The molecule has 1 fully saturated rings. The van der Waals surface area contributed by atoms with Gasteiger partial charge in [0.2, 0.25) is 0 Å². The molecule has 20 heavy (non-hydrogen) atoms. The molecule has 1 heterocycles. The number of halogens is 1. The summed E-state index contributed by atoms with van der Waals surface area (Å²) < 4.78 is 13.7. The van der Waals surface area contributed by atoms with Crippen molar-refractivity contribution < 1.29 is 9.50 Å². The lowest BCUT2D eigenvalue weighted by molar-refractivity contribution is 0.176. The van der Waals surface area contributed by atoms with E-state index in [-0.39, 0.29) is 18.5 Å². The zero-order valence-corrected chi connectivity index (χ0v) is 12.1. The zero-order valence-electron chi connectivity index (χ0n) is 12.1. The van der Waals surface area contributed by atoms with E-state index in [1.807, 2.05) is 19.1 Å². The average molecular weight is 281 g/mol. The molecular formula is C15H24FN3O. The normalized spacial score (nSPS) is 18.2. The van der Waals surface area contributed by atoms with Crippen LogP contribution < -0.4 is 10.2 Å². The van der Waals surface area contributed by atoms with Crippen LogP contribution in [0, 0.1) is 5.82 Å². The maximum absolute atomic E-state index is 13.7. The predicted molar refractivity (Wildman–Crippen MR) is 79.6 cm³/mol. The Balaban J connectivity index is 1.85. The molecule has 1 aromatic carbocycles. The minimum absolute atomic E-state index is 0.125.